The van der Waals surface area contributed by atoms with Crippen LogP contribution in [-0.4, -0.2) is 17.3 Å². The molecule has 2 atom stereocenters. The number of hydrogen-bond donors (Lipinski definition) is 1. The lowest BCUT2D eigenvalue weighted by Gasteiger charge is -2.15. The highest BCUT2D eigenvalue weighted by atomic mass is 32.1. The molecule has 0 aromatic carbocycles. The zero-order valence-corrected chi connectivity index (χ0v) is 8.93. The second-order valence-electron chi connectivity index (χ2n) is 3.10. The topological polar surface area (TPSA) is 26.3 Å². The van der Waals surface area contributed by atoms with Crippen LogP contribution in [0, 0.1) is 0 Å². The molecule has 0 heterocycles. The third-order valence-corrected chi connectivity index (χ3v) is 2.06. The Bertz CT molecular complexity index is 136. The average Bonchev–Trinajstić information content (AvgIpc) is 1.84. The predicted octanol–water partition coefficient (Wildman–Crippen LogP) is 2.43. The summed E-state index contributed by atoms with van der Waals surface area (Å²) < 4.78 is 4.98. The zero-order chi connectivity index (χ0) is 9.56. The molecule has 0 amide bonds. The third-order valence-electron chi connectivity index (χ3n) is 1.59. The van der Waals surface area contributed by atoms with Gasteiger partial charge in [-0.3, -0.25) is 4.79 Å². The summed E-state index contributed by atoms with van der Waals surface area (Å²) in [4.78, 5) is 10.5. The van der Waals surface area contributed by atoms with Gasteiger partial charge >= 0.3 is 5.97 Å². The van der Waals surface area contributed by atoms with E-state index in [0.29, 0.717) is 5.25 Å². The summed E-state index contributed by atoms with van der Waals surface area (Å²) in [5.74, 6) is -0.209. The minimum absolute atomic E-state index is 0.00319. The van der Waals surface area contributed by atoms with E-state index in [1.54, 1.807) is 0 Å². The highest BCUT2D eigenvalue weighted by molar-refractivity contribution is 7.80. The van der Waals surface area contributed by atoms with E-state index in [0.717, 1.165) is 19.3 Å². The van der Waals surface area contributed by atoms with Crippen LogP contribution in [0.4, 0.5) is 0 Å². The highest BCUT2D eigenvalue weighted by Crippen LogP contribution is 2.13. The van der Waals surface area contributed by atoms with Crippen molar-refractivity contribution < 1.29 is 9.53 Å². The Morgan fingerprint density at radius 3 is 2.58 bits per heavy atom. The summed E-state index contributed by atoms with van der Waals surface area (Å²) in [5.41, 5.74) is 0. The van der Waals surface area contributed by atoms with Gasteiger partial charge in [0.05, 0.1) is 0 Å². The molecule has 0 radical (unpaired) electrons. The number of hydrogen-bond acceptors (Lipinski definition) is 3. The predicted molar refractivity (Wildman–Crippen MR) is 53.5 cm³/mol. The van der Waals surface area contributed by atoms with E-state index in [1.807, 2.05) is 6.92 Å². The van der Waals surface area contributed by atoms with Crippen LogP contribution in [0.5, 0.6) is 0 Å². The van der Waals surface area contributed by atoms with Gasteiger partial charge in [-0.25, -0.2) is 0 Å². The van der Waals surface area contributed by atoms with Crippen molar-refractivity contribution in [3.8, 4) is 0 Å². The molecule has 2 nitrogen and oxygen atoms in total. The van der Waals surface area contributed by atoms with Crippen LogP contribution in [0.25, 0.3) is 0 Å². The fraction of sp³-hybridized carbons (Fsp3) is 0.889. The molecule has 72 valence electrons. The maximum Gasteiger partial charge on any atom is 0.302 e. The molecule has 0 aliphatic rings. The summed E-state index contributed by atoms with van der Waals surface area (Å²) in [6.07, 6.45) is 3.04. The van der Waals surface area contributed by atoms with Crippen molar-refractivity contribution in [2.24, 2.45) is 0 Å². The Morgan fingerprint density at radius 1 is 1.58 bits per heavy atom. The first-order valence-electron chi connectivity index (χ1n) is 4.41. The quantitative estimate of drug-likeness (QED) is 0.532. The van der Waals surface area contributed by atoms with Gasteiger partial charge in [0.15, 0.2) is 0 Å². The van der Waals surface area contributed by atoms with Gasteiger partial charge in [0.2, 0.25) is 0 Å². The first kappa shape index (κ1) is 11.8. The molecule has 0 aromatic heterocycles. The number of rotatable bonds is 5. The van der Waals surface area contributed by atoms with Crippen molar-refractivity contribution in [3.05, 3.63) is 0 Å². The Balaban J connectivity index is 3.53. The molecule has 0 N–H and O–H groups in total. The maximum absolute atomic E-state index is 10.5. The van der Waals surface area contributed by atoms with E-state index in [4.69, 9.17) is 4.74 Å². The molecule has 0 aliphatic carbocycles. The van der Waals surface area contributed by atoms with Crippen molar-refractivity contribution in [3.63, 3.8) is 0 Å². The van der Waals surface area contributed by atoms with Crippen molar-refractivity contribution in [1.29, 1.82) is 0 Å². The Hall–Kier alpha value is -0.180. The molecule has 0 aliphatic heterocycles. The number of esters is 1. The van der Waals surface area contributed by atoms with Gasteiger partial charge in [-0.2, -0.15) is 12.6 Å². The van der Waals surface area contributed by atoms with Crippen LogP contribution in [0.3, 0.4) is 0 Å². The summed E-state index contributed by atoms with van der Waals surface area (Å²) in [6, 6.07) is 0. The van der Waals surface area contributed by atoms with Gasteiger partial charge in [-0.15, -0.1) is 0 Å². The first-order chi connectivity index (χ1) is 5.56. The van der Waals surface area contributed by atoms with Crippen LogP contribution in [0.2, 0.25) is 0 Å². The molecular weight excluding hydrogens is 172 g/mol. The molecule has 0 saturated heterocycles. The molecule has 0 saturated carbocycles. The van der Waals surface area contributed by atoms with E-state index in [1.165, 1.54) is 6.92 Å². The average molecular weight is 190 g/mol. The van der Waals surface area contributed by atoms with Crippen molar-refractivity contribution in [2.45, 2.75) is 51.4 Å². The molecule has 0 spiro atoms. The molecule has 12 heavy (non-hydrogen) atoms. The Morgan fingerprint density at radius 2 is 2.17 bits per heavy atom. The van der Waals surface area contributed by atoms with Crippen LogP contribution in [0.1, 0.15) is 40.0 Å². The van der Waals surface area contributed by atoms with Crippen LogP contribution in [0.15, 0.2) is 0 Å². The number of thiol groups is 1. The second-order valence-corrected chi connectivity index (χ2v) is 3.83. The number of ether oxygens (including phenoxy) is 1. The summed E-state index contributed by atoms with van der Waals surface area (Å²) in [5, 5.41) is 0.351. The normalized spacial score (nSPS) is 15.3. The van der Waals surface area contributed by atoms with Gasteiger partial charge in [0, 0.05) is 12.2 Å². The maximum atomic E-state index is 10.5. The largest absolute Gasteiger partial charge is 0.463 e. The standard InChI is InChI=1S/C9H18O2S/c1-4-5-9(12)6-7(2)11-8(3)10/h7,9,12H,4-6H2,1-3H3/t7-,9-/m0/s1. The minimum atomic E-state index is -0.209. The van der Waals surface area contributed by atoms with Gasteiger partial charge in [-0.1, -0.05) is 13.3 Å². The van der Waals surface area contributed by atoms with E-state index in [2.05, 4.69) is 19.6 Å². The fourth-order valence-electron chi connectivity index (χ4n) is 1.17. The fourth-order valence-corrected chi connectivity index (χ4v) is 1.72. The van der Waals surface area contributed by atoms with Crippen LogP contribution < -0.4 is 0 Å². The number of carbonyl (C=O) groups excluding carboxylic acids is 1. The van der Waals surface area contributed by atoms with E-state index in [9.17, 15) is 4.79 Å². The Labute approximate surface area is 80.1 Å². The lowest BCUT2D eigenvalue weighted by molar-refractivity contribution is -0.145. The summed E-state index contributed by atoms with van der Waals surface area (Å²) >= 11 is 4.38. The van der Waals surface area contributed by atoms with Crippen molar-refractivity contribution >= 4 is 18.6 Å². The lowest BCUT2D eigenvalue weighted by Crippen LogP contribution is -2.16. The van der Waals surface area contributed by atoms with E-state index in [-0.39, 0.29) is 12.1 Å². The molecule has 0 unspecified atom stereocenters. The second kappa shape index (κ2) is 6.35. The zero-order valence-electron chi connectivity index (χ0n) is 8.04. The summed E-state index contributed by atoms with van der Waals surface area (Å²) in [6.45, 7) is 5.46. The monoisotopic (exact) mass is 190 g/mol. The smallest absolute Gasteiger partial charge is 0.302 e. The molecular formula is C9H18O2S. The molecule has 0 aromatic rings. The summed E-state index contributed by atoms with van der Waals surface area (Å²) in [7, 11) is 0. The molecule has 0 rings (SSSR count). The van der Waals surface area contributed by atoms with Crippen molar-refractivity contribution in [1.82, 2.24) is 0 Å². The van der Waals surface area contributed by atoms with Gasteiger partial charge < -0.3 is 4.74 Å². The van der Waals surface area contributed by atoms with Gasteiger partial charge in [0.1, 0.15) is 6.10 Å². The van der Waals surface area contributed by atoms with Gasteiger partial charge in [0.25, 0.3) is 0 Å². The minimum Gasteiger partial charge on any atom is -0.463 e. The third kappa shape index (κ3) is 6.53. The van der Waals surface area contributed by atoms with Crippen molar-refractivity contribution in [2.75, 3.05) is 0 Å². The molecule has 0 fully saturated rings. The lowest BCUT2D eigenvalue weighted by atomic mass is 10.1. The van der Waals surface area contributed by atoms with E-state index >= 15 is 0 Å². The SMILES string of the molecule is CCC[C@H](S)C[C@H](C)OC(C)=O. The molecule has 3 heteroatoms. The molecule has 0 bridgehead atoms. The van der Waals surface area contributed by atoms with Crippen LogP contribution >= 0.6 is 12.6 Å². The highest BCUT2D eigenvalue weighted by Gasteiger charge is 2.10. The van der Waals surface area contributed by atoms with Crippen LogP contribution in [-0.2, 0) is 9.53 Å². The number of carbonyl (C=O) groups is 1. The Kier molecular flexibility index (Phi) is 6.25. The first-order valence-corrected chi connectivity index (χ1v) is 4.93. The van der Waals surface area contributed by atoms with Gasteiger partial charge in [-0.05, 0) is 19.8 Å². The van der Waals surface area contributed by atoms with E-state index < -0.39 is 0 Å².